The van der Waals surface area contributed by atoms with Gasteiger partial charge in [0.1, 0.15) is 5.75 Å². The van der Waals surface area contributed by atoms with Crippen molar-refractivity contribution < 1.29 is 10.2 Å². The van der Waals surface area contributed by atoms with Crippen molar-refractivity contribution in [3.63, 3.8) is 0 Å². The van der Waals surface area contributed by atoms with Crippen LogP contribution in [0.3, 0.4) is 0 Å². The molecule has 2 heteroatoms. The van der Waals surface area contributed by atoms with Gasteiger partial charge in [-0.1, -0.05) is 13.0 Å². The lowest BCUT2D eigenvalue weighted by Gasteiger charge is -2.50. The number of rotatable bonds is 0. The van der Waals surface area contributed by atoms with Gasteiger partial charge >= 0.3 is 0 Å². The topological polar surface area (TPSA) is 40.5 Å². The predicted octanol–water partition coefficient (Wildman–Crippen LogP) is 3.61. The first kappa shape index (κ1) is 12.7. The maximum Gasteiger partial charge on any atom is 0.115 e. The number of aliphatic hydroxyl groups excluding tert-OH is 1. The van der Waals surface area contributed by atoms with E-state index in [2.05, 4.69) is 13.0 Å². The zero-order valence-electron chi connectivity index (χ0n) is 12.2. The molecular formula is C18H24O2. The van der Waals surface area contributed by atoms with Crippen LogP contribution in [-0.2, 0) is 6.42 Å². The summed E-state index contributed by atoms with van der Waals surface area (Å²) in [7, 11) is 0. The summed E-state index contributed by atoms with van der Waals surface area (Å²) in [5, 5.41) is 20.0. The van der Waals surface area contributed by atoms with E-state index in [1.807, 2.05) is 12.1 Å². The summed E-state index contributed by atoms with van der Waals surface area (Å²) in [6.45, 7) is 2.32. The highest BCUT2D eigenvalue weighted by Crippen LogP contribution is 2.60. The number of aliphatic hydroxyl groups is 1. The summed E-state index contributed by atoms with van der Waals surface area (Å²) in [5.41, 5.74) is 2.99. The van der Waals surface area contributed by atoms with Crippen LogP contribution in [-0.4, -0.2) is 16.3 Å². The number of aryl methyl sites for hydroxylation is 1. The monoisotopic (exact) mass is 272 g/mol. The molecule has 3 aliphatic carbocycles. The molecular weight excluding hydrogens is 248 g/mol. The molecule has 3 aliphatic rings. The van der Waals surface area contributed by atoms with Crippen molar-refractivity contribution in [3.8, 4) is 5.75 Å². The van der Waals surface area contributed by atoms with E-state index >= 15 is 0 Å². The van der Waals surface area contributed by atoms with Crippen molar-refractivity contribution in [2.45, 2.75) is 57.5 Å². The predicted molar refractivity (Wildman–Crippen MR) is 78.7 cm³/mol. The number of hydrogen-bond acceptors (Lipinski definition) is 2. The molecule has 2 unspecified atom stereocenters. The number of phenolic OH excluding ortho intramolecular Hbond substituents is 1. The van der Waals surface area contributed by atoms with E-state index in [9.17, 15) is 10.2 Å². The van der Waals surface area contributed by atoms with Crippen molar-refractivity contribution >= 4 is 0 Å². The summed E-state index contributed by atoms with van der Waals surface area (Å²) in [4.78, 5) is 0. The van der Waals surface area contributed by atoms with Crippen LogP contribution < -0.4 is 0 Å². The number of benzene rings is 1. The van der Waals surface area contributed by atoms with E-state index in [0.717, 1.165) is 25.2 Å². The third kappa shape index (κ3) is 1.60. The second-order valence-corrected chi connectivity index (χ2v) is 7.44. The Hall–Kier alpha value is -1.02. The van der Waals surface area contributed by atoms with Gasteiger partial charge in [-0.15, -0.1) is 0 Å². The van der Waals surface area contributed by atoms with Gasteiger partial charge in [0, 0.05) is 0 Å². The highest BCUT2D eigenvalue weighted by Gasteiger charge is 2.54. The summed E-state index contributed by atoms with van der Waals surface area (Å²) in [5.74, 6) is 2.49. The van der Waals surface area contributed by atoms with Crippen LogP contribution in [0.25, 0.3) is 0 Å². The smallest absolute Gasteiger partial charge is 0.115 e. The van der Waals surface area contributed by atoms with Crippen LogP contribution >= 0.6 is 0 Å². The van der Waals surface area contributed by atoms with E-state index in [1.165, 1.54) is 30.4 Å². The third-order valence-corrected chi connectivity index (χ3v) is 6.66. The average molecular weight is 272 g/mol. The molecule has 0 heterocycles. The highest BCUT2D eigenvalue weighted by atomic mass is 16.3. The number of fused-ring (bicyclic) bond motifs is 5. The van der Waals surface area contributed by atoms with Crippen LogP contribution in [0.15, 0.2) is 18.2 Å². The molecule has 0 saturated heterocycles. The molecule has 0 aliphatic heterocycles. The van der Waals surface area contributed by atoms with Gasteiger partial charge in [0.2, 0.25) is 0 Å². The number of aromatic hydroxyl groups is 1. The number of hydrogen-bond donors (Lipinski definition) is 2. The lowest BCUT2D eigenvalue weighted by molar-refractivity contribution is -0.0226. The first-order valence-corrected chi connectivity index (χ1v) is 8.09. The summed E-state index contributed by atoms with van der Waals surface area (Å²) < 4.78 is 0. The Balaban J connectivity index is 1.71. The summed E-state index contributed by atoms with van der Waals surface area (Å²) in [6, 6.07) is 5.96. The fourth-order valence-electron chi connectivity index (χ4n) is 5.54. The molecule has 4 rings (SSSR count). The van der Waals surface area contributed by atoms with E-state index in [4.69, 9.17) is 0 Å². The standard InChI is InChI=1S/C18H24O2/c1-18-9-8-14-13-5-3-12(19)10-11(13)2-4-15(14)16(18)6-7-17(18)20/h3,5,10,14-17,19-20H,2,4,6-9H2,1H3/t14-,15?,16?,17+,18+/m1/s1. The number of phenols is 1. The van der Waals surface area contributed by atoms with Gasteiger partial charge < -0.3 is 10.2 Å². The van der Waals surface area contributed by atoms with Crippen LogP contribution in [0.4, 0.5) is 0 Å². The lowest BCUT2D eigenvalue weighted by Crippen LogP contribution is -2.43. The van der Waals surface area contributed by atoms with Gasteiger partial charge in [-0.25, -0.2) is 0 Å². The molecule has 0 spiro atoms. The van der Waals surface area contributed by atoms with Crippen LogP contribution in [0.5, 0.6) is 5.75 Å². The minimum Gasteiger partial charge on any atom is -0.508 e. The third-order valence-electron chi connectivity index (χ3n) is 6.66. The van der Waals surface area contributed by atoms with Crippen molar-refractivity contribution in [1.82, 2.24) is 0 Å². The Bertz CT molecular complexity index is 538. The van der Waals surface area contributed by atoms with E-state index < -0.39 is 0 Å². The first-order valence-electron chi connectivity index (χ1n) is 8.09. The van der Waals surface area contributed by atoms with Crippen molar-refractivity contribution in [2.75, 3.05) is 0 Å². The SMILES string of the molecule is C[C@]12CC[C@@H]3c4ccc(O)cc4CCC3C1CC[C@@H]2O. The highest BCUT2D eigenvalue weighted by molar-refractivity contribution is 5.40. The Morgan fingerprint density at radius 1 is 1.15 bits per heavy atom. The van der Waals surface area contributed by atoms with Gasteiger partial charge in [0.05, 0.1) is 6.10 Å². The normalized spacial score (nSPS) is 42.7. The van der Waals surface area contributed by atoms with Crippen molar-refractivity contribution in [1.29, 1.82) is 0 Å². The molecule has 2 saturated carbocycles. The molecule has 1 aromatic rings. The molecule has 2 nitrogen and oxygen atoms in total. The Morgan fingerprint density at radius 3 is 2.85 bits per heavy atom. The minimum absolute atomic E-state index is 0.0883. The second-order valence-electron chi connectivity index (χ2n) is 7.44. The van der Waals surface area contributed by atoms with E-state index in [0.29, 0.717) is 17.6 Å². The molecule has 20 heavy (non-hydrogen) atoms. The molecule has 2 N–H and O–H groups in total. The molecule has 108 valence electrons. The van der Waals surface area contributed by atoms with Gasteiger partial charge in [-0.3, -0.25) is 0 Å². The van der Waals surface area contributed by atoms with Crippen LogP contribution in [0.2, 0.25) is 0 Å². The second kappa shape index (κ2) is 4.24. The maximum absolute atomic E-state index is 10.4. The minimum atomic E-state index is -0.0883. The van der Waals surface area contributed by atoms with Gasteiger partial charge in [0.15, 0.2) is 0 Å². The molecule has 1 aromatic carbocycles. The molecule has 0 bridgehead atoms. The van der Waals surface area contributed by atoms with Gasteiger partial charge in [-0.05, 0) is 85.0 Å². The fourth-order valence-corrected chi connectivity index (χ4v) is 5.54. The quantitative estimate of drug-likeness (QED) is 0.757. The lowest BCUT2D eigenvalue weighted by atomic mass is 9.55. The Labute approximate surface area is 120 Å². The zero-order valence-corrected chi connectivity index (χ0v) is 12.2. The maximum atomic E-state index is 10.4. The van der Waals surface area contributed by atoms with Gasteiger partial charge in [0.25, 0.3) is 0 Å². The van der Waals surface area contributed by atoms with Crippen LogP contribution in [0.1, 0.15) is 56.1 Å². The van der Waals surface area contributed by atoms with Crippen LogP contribution in [0, 0.1) is 17.3 Å². The molecule has 0 radical (unpaired) electrons. The Morgan fingerprint density at radius 2 is 2.00 bits per heavy atom. The average Bonchev–Trinajstić information content (AvgIpc) is 2.74. The Kier molecular flexibility index (Phi) is 2.69. The molecule has 0 aromatic heterocycles. The summed E-state index contributed by atoms with van der Waals surface area (Å²) in [6.07, 6.45) is 6.78. The fraction of sp³-hybridized carbons (Fsp3) is 0.667. The zero-order chi connectivity index (χ0) is 13.9. The first-order chi connectivity index (χ1) is 9.59. The van der Waals surface area contributed by atoms with Crippen molar-refractivity contribution in [3.05, 3.63) is 29.3 Å². The van der Waals surface area contributed by atoms with E-state index in [-0.39, 0.29) is 11.5 Å². The molecule has 2 fully saturated rings. The summed E-state index contributed by atoms with van der Waals surface area (Å²) >= 11 is 0. The molecule has 5 atom stereocenters. The molecule has 0 amide bonds. The van der Waals surface area contributed by atoms with Crippen molar-refractivity contribution in [2.24, 2.45) is 17.3 Å². The van der Waals surface area contributed by atoms with Gasteiger partial charge in [-0.2, -0.15) is 0 Å². The largest absolute Gasteiger partial charge is 0.508 e. The van der Waals surface area contributed by atoms with E-state index in [1.54, 1.807) is 0 Å².